The predicted octanol–water partition coefficient (Wildman–Crippen LogP) is 1.46. The molecule has 0 aromatic carbocycles. The second kappa shape index (κ2) is 8.48. The molecule has 2 saturated heterocycles. The van der Waals surface area contributed by atoms with Gasteiger partial charge in [0.05, 0.1) is 6.54 Å². The standard InChI is InChI=1S/C9H17N3O.2C2H6.H2/c10-5-8(13)12-3-1-9(2-4-12)6-11-7-9;2*1-2;/h11H,1-7,10H2;2*1-2H3;1H. The van der Waals surface area contributed by atoms with Crippen molar-refractivity contribution in [3.05, 3.63) is 0 Å². The molecule has 2 rings (SSSR count). The van der Waals surface area contributed by atoms with E-state index in [0.717, 1.165) is 39.0 Å². The maximum absolute atomic E-state index is 11.3. The summed E-state index contributed by atoms with van der Waals surface area (Å²) in [6, 6.07) is 0. The Balaban J connectivity index is 0. The van der Waals surface area contributed by atoms with Crippen LogP contribution in [0.3, 0.4) is 0 Å². The Hall–Kier alpha value is -0.610. The molecular formula is C13H31N3O. The summed E-state index contributed by atoms with van der Waals surface area (Å²) in [4.78, 5) is 13.2. The molecule has 0 unspecified atom stereocenters. The van der Waals surface area contributed by atoms with Crippen LogP contribution in [0.15, 0.2) is 0 Å². The molecule has 4 nitrogen and oxygen atoms in total. The quantitative estimate of drug-likeness (QED) is 0.735. The number of likely N-dealkylation sites (tertiary alicyclic amines) is 1. The first-order valence-electron chi connectivity index (χ1n) is 6.94. The summed E-state index contributed by atoms with van der Waals surface area (Å²) in [5.74, 6) is 0.0992. The van der Waals surface area contributed by atoms with Crippen molar-refractivity contribution in [1.82, 2.24) is 10.2 Å². The lowest BCUT2D eigenvalue weighted by molar-refractivity contribution is -0.132. The molecule has 0 atom stereocenters. The predicted molar refractivity (Wildman–Crippen MR) is 75.0 cm³/mol. The van der Waals surface area contributed by atoms with Crippen LogP contribution < -0.4 is 11.1 Å². The zero-order valence-corrected chi connectivity index (χ0v) is 11.9. The number of piperidine rings is 1. The van der Waals surface area contributed by atoms with Gasteiger partial charge in [-0.2, -0.15) is 0 Å². The molecule has 17 heavy (non-hydrogen) atoms. The Morgan fingerprint density at radius 1 is 1.24 bits per heavy atom. The van der Waals surface area contributed by atoms with Crippen molar-refractivity contribution in [2.75, 3.05) is 32.7 Å². The molecule has 0 saturated carbocycles. The minimum absolute atomic E-state index is 0. The topological polar surface area (TPSA) is 58.4 Å². The lowest BCUT2D eigenvalue weighted by Gasteiger charge is -2.48. The number of nitrogens with two attached hydrogens (primary N) is 1. The Labute approximate surface area is 107 Å². The summed E-state index contributed by atoms with van der Waals surface area (Å²) in [5, 5.41) is 3.30. The van der Waals surface area contributed by atoms with E-state index >= 15 is 0 Å². The van der Waals surface area contributed by atoms with E-state index in [1.165, 1.54) is 0 Å². The van der Waals surface area contributed by atoms with Gasteiger partial charge in [-0.05, 0) is 18.3 Å². The zero-order chi connectivity index (χ0) is 13.3. The molecule has 0 aromatic rings. The number of hydrogen-bond acceptors (Lipinski definition) is 3. The minimum Gasteiger partial charge on any atom is -0.342 e. The SMILES string of the molecule is CC.CC.NCC(=O)N1CCC2(CC1)CNC2.[HH]. The summed E-state index contributed by atoms with van der Waals surface area (Å²) in [6.07, 6.45) is 2.29. The van der Waals surface area contributed by atoms with E-state index in [0.29, 0.717) is 5.41 Å². The van der Waals surface area contributed by atoms with Gasteiger partial charge in [0, 0.05) is 27.6 Å². The largest absolute Gasteiger partial charge is 0.342 e. The molecule has 0 aliphatic carbocycles. The van der Waals surface area contributed by atoms with Crippen molar-refractivity contribution < 1.29 is 6.22 Å². The van der Waals surface area contributed by atoms with Crippen LogP contribution in [0.5, 0.6) is 0 Å². The van der Waals surface area contributed by atoms with Crippen molar-refractivity contribution >= 4 is 5.91 Å². The summed E-state index contributed by atoms with van der Waals surface area (Å²) < 4.78 is 0. The van der Waals surface area contributed by atoms with Gasteiger partial charge in [0.15, 0.2) is 0 Å². The minimum atomic E-state index is 0. The van der Waals surface area contributed by atoms with E-state index in [4.69, 9.17) is 5.73 Å². The lowest BCUT2D eigenvalue weighted by atomic mass is 9.73. The van der Waals surface area contributed by atoms with Crippen molar-refractivity contribution in [2.45, 2.75) is 40.5 Å². The number of nitrogens with zero attached hydrogens (tertiary/aromatic N) is 1. The fraction of sp³-hybridized carbons (Fsp3) is 0.923. The molecule has 3 N–H and O–H groups in total. The monoisotopic (exact) mass is 245 g/mol. The highest BCUT2D eigenvalue weighted by Gasteiger charge is 2.40. The van der Waals surface area contributed by atoms with Crippen molar-refractivity contribution in [3.8, 4) is 0 Å². The first-order chi connectivity index (χ1) is 8.26. The molecule has 1 spiro atoms. The average Bonchev–Trinajstić information content (AvgIpc) is 2.41. The Bertz CT molecular complexity index is 210. The smallest absolute Gasteiger partial charge is 0.236 e. The Morgan fingerprint density at radius 3 is 2.00 bits per heavy atom. The summed E-state index contributed by atoms with van der Waals surface area (Å²) in [5.41, 5.74) is 5.83. The van der Waals surface area contributed by atoms with E-state index in [1.807, 2.05) is 32.6 Å². The van der Waals surface area contributed by atoms with Crippen LogP contribution in [-0.2, 0) is 4.79 Å². The number of carbonyl (C=O) groups excluding carboxylic acids is 1. The number of hydrogen-bond donors (Lipinski definition) is 2. The molecular weight excluding hydrogens is 214 g/mol. The summed E-state index contributed by atoms with van der Waals surface area (Å²) in [6.45, 7) is 12.2. The van der Waals surface area contributed by atoms with E-state index < -0.39 is 0 Å². The maximum Gasteiger partial charge on any atom is 0.236 e. The molecule has 4 heteroatoms. The number of amides is 1. The Morgan fingerprint density at radius 2 is 1.71 bits per heavy atom. The third kappa shape index (κ3) is 4.28. The van der Waals surface area contributed by atoms with Gasteiger partial charge in [-0.25, -0.2) is 0 Å². The van der Waals surface area contributed by atoms with Crippen LogP contribution in [0.2, 0.25) is 0 Å². The van der Waals surface area contributed by atoms with Gasteiger partial charge in [-0.1, -0.05) is 27.7 Å². The molecule has 1 amide bonds. The lowest BCUT2D eigenvalue weighted by Crippen LogP contribution is -2.59. The van der Waals surface area contributed by atoms with Gasteiger partial charge in [0.2, 0.25) is 5.91 Å². The van der Waals surface area contributed by atoms with Gasteiger partial charge >= 0.3 is 0 Å². The van der Waals surface area contributed by atoms with E-state index in [-0.39, 0.29) is 13.9 Å². The van der Waals surface area contributed by atoms with Gasteiger partial charge in [-0.15, -0.1) is 0 Å². The van der Waals surface area contributed by atoms with E-state index in [9.17, 15) is 4.79 Å². The zero-order valence-electron chi connectivity index (χ0n) is 11.9. The first-order valence-corrected chi connectivity index (χ1v) is 6.94. The van der Waals surface area contributed by atoms with E-state index in [2.05, 4.69) is 5.32 Å². The molecule has 0 aromatic heterocycles. The highest BCUT2D eigenvalue weighted by atomic mass is 16.2. The second-order valence-corrected chi connectivity index (χ2v) is 4.19. The normalized spacial score (nSPS) is 20.4. The molecule has 2 fully saturated rings. The van der Waals surface area contributed by atoms with Gasteiger partial charge in [0.25, 0.3) is 0 Å². The van der Waals surface area contributed by atoms with Crippen molar-refractivity contribution in [3.63, 3.8) is 0 Å². The highest BCUT2D eigenvalue weighted by molar-refractivity contribution is 5.78. The third-order valence-corrected chi connectivity index (χ3v) is 3.35. The molecule has 0 bridgehead atoms. The molecule has 2 aliphatic heterocycles. The fourth-order valence-corrected chi connectivity index (χ4v) is 2.19. The fourth-order valence-electron chi connectivity index (χ4n) is 2.19. The summed E-state index contributed by atoms with van der Waals surface area (Å²) >= 11 is 0. The third-order valence-electron chi connectivity index (χ3n) is 3.35. The maximum atomic E-state index is 11.3. The number of carbonyl (C=O) groups is 1. The average molecular weight is 245 g/mol. The van der Waals surface area contributed by atoms with Gasteiger partial charge in [0.1, 0.15) is 0 Å². The molecule has 104 valence electrons. The van der Waals surface area contributed by atoms with Crippen LogP contribution in [-0.4, -0.2) is 43.5 Å². The molecule has 2 aliphatic rings. The Kier molecular flexibility index (Phi) is 8.17. The van der Waals surface area contributed by atoms with E-state index in [1.54, 1.807) is 0 Å². The van der Waals surface area contributed by atoms with Crippen molar-refractivity contribution in [1.29, 1.82) is 0 Å². The highest BCUT2D eigenvalue weighted by Crippen LogP contribution is 2.34. The van der Waals surface area contributed by atoms with Crippen LogP contribution in [0.1, 0.15) is 42.0 Å². The van der Waals surface area contributed by atoms with Crippen LogP contribution in [0.4, 0.5) is 0 Å². The molecule has 0 radical (unpaired) electrons. The van der Waals surface area contributed by atoms with Crippen LogP contribution in [0, 0.1) is 5.41 Å². The van der Waals surface area contributed by atoms with Gasteiger partial charge in [-0.3, -0.25) is 4.79 Å². The van der Waals surface area contributed by atoms with Crippen molar-refractivity contribution in [2.24, 2.45) is 11.1 Å². The number of rotatable bonds is 1. The second-order valence-electron chi connectivity index (χ2n) is 4.19. The van der Waals surface area contributed by atoms with Crippen LogP contribution >= 0.6 is 0 Å². The first kappa shape index (κ1) is 16.4. The summed E-state index contributed by atoms with van der Waals surface area (Å²) in [7, 11) is 0. The van der Waals surface area contributed by atoms with Crippen LogP contribution in [0.25, 0.3) is 0 Å². The molecule has 2 heterocycles. The van der Waals surface area contributed by atoms with Gasteiger partial charge < -0.3 is 16.0 Å². The number of nitrogens with one attached hydrogen (secondary N) is 1.